The first-order valence-electron chi connectivity index (χ1n) is 12.6. The highest BCUT2D eigenvalue weighted by Gasteiger charge is 2.24. The van der Waals surface area contributed by atoms with Crippen molar-refractivity contribution in [3.05, 3.63) is 71.8 Å². The van der Waals surface area contributed by atoms with Gasteiger partial charge in [-0.1, -0.05) is 67.1 Å². The Hall–Kier alpha value is -2.66. The number of carbonyl (C=O) groups is 2. The minimum atomic E-state index is 0.0575. The molecule has 0 aromatic heterocycles. The topological polar surface area (TPSA) is 61.4 Å². The number of hydrogen-bond acceptors (Lipinski definition) is 3. The molecular formula is C28H37N3O2. The molecule has 1 atom stereocenters. The van der Waals surface area contributed by atoms with Gasteiger partial charge in [0.15, 0.2) is 0 Å². The summed E-state index contributed by atoms with van der Waals surface area (Å²) in [5.74, 6) is 0.879. The largest absolute Gasteiger partial charge is 0.353 e. The maximum Gasteiger partial charge on any atom is 0.224 e. The van der Waals surface area contributed by atoms with E-state index >= 15 is 0 Å². The van der Waals surface area contributed by atoms with Crippen molar-refractivity contribution < 1.29 is 9.59 Å². The number of nitrogens with one attached hydrogen (secondary N) is 2. The Bertz CT molecular complexity index is 875. The second-order valence-electron chi connectivity index (χ2n) is 9.67. The molecule has 1 aliphatic heterocycles. The Morgan fingerprint density at radius 3 is 2.18 bits per heavy atom. The summed E-state index contributed by atoms with van der Waals surface area (Å²) in [6, 6.07) is 20.6. The molecule has 1 saturated heterocycles. The van der Waals surface area contributed by atoms with Gasteiger partial charge < -0.3 is 15.5 Å². The zero-order chi connectivity index (χ0) is 22.9. The Morgan fingerprint density at radius 1 is 0.879 bits per heavy atom. The fourth-order valence-electron chi connectivity index (χ4n) is 4.89. The maximum absolute atomic E-state index is 12.6. The first-order chi connectivity index (χ1) is 16.2. The van der Waals surface area contributed by atoms with Gasteiger partial charge in [-0.2, -0.15) is 0 Å². The van der Waals surface area contributed by atoms with E-state index in [-0.39, 0.29) is 23.9 Å². The van der Waals surface area contributed by atoms with Crippen LogP contribution in [0, 0.1) is 5.92 Å². The second kappa shape index (κ2) is 12.0. The number of rotatable bonds is 10. The number of amides is 2. The van der Waals surface area contributed by atoms with Crippen molar-refractivity contribution in [2.75, 3.05) is 19.6 Å². The maximum atomic E-state index is 12.6. The number of piperidine rings is 1. The second-order valence-corrected chi connectivity index (χ2v) is 9.67. The lowest BCUT2D eigenvalue weighted by Gasteiger charge is -2.33. The molecule has 2 aromatic rings. The molecule has 5 nitrogen and oxygen atoms in total. The summed E-state index contributed by atoms with van der Waals surface area (Å²) in [4.78, 5) is 27.4. The predicted octanol–water partition coefficient (Wildman–Crippen LogP) is 4.25. The third-order valence-corrected chi connectivity index (χ3v) is 7.13. The lowest BCUT2D eigenvalue weighted by Crippen LogP contribution is -2.45. The Labute approximate surface area is 197 Å². The summed E-state index contributed by atoms with van der Waals surface area (Å²) in [6.07, 6.45) is 7.63. The summed E-state index contributed by atoms with van der Waals surface area (Å²) in [5.41, 5.74) is 2.24. The fourth-order valence-corrected chi connectivity index (χ4v) is 4.89. The van der Waals surface area contributed by atoms with Gasteiger partial charge in [-0.15, -0.1) is 0 Å². The molecule has 0 bridgehead atoms. The van der Waals surface area contributed by atoms with E-state index in [1.807, 2.05) is 48.5 Å². The third kappa shape index (κ3) is 7.43. The fraction of sp³-hybridized carbons (Fsp3) is 0.500. The minimum absolute atomic E-state index is 0.0575. The van der Waals surface area contributed by atoms with Crippen LogP contribution in [-0.4, -0.2) is 42.4 Å². The molecule has 5 heteroatoms. The van der Waals surface area contributed by atoms with Crippen molar-refractivity contribution in [2.24, 2.45) is 5.92 Å². The number of likely N-dealkylation sites (tertiary alicyclic amines) is 1. The average Bonchev–Trinajstić information content (AvgIpc) is 2.81. The average molecular weight is 448 g/mol. The van der Waals surface area contributed by atoms with E-state index in [1.165, 1.54) is 24.8 Å². The van der Waals surface area contributed by atoms with Crippen LogP contribution in [0.5, 0.6) is 0 Å². The third-order valence-electron chi connectivity index (χ3n) is 7.13. The van der Waals surface area contributed by atoms with Crippen molar-refractivity contribution in [3.63, 3.8) is 0 Å². The predicted molar refractivity (Wildman–Crippen MR) is 132 cm³/mol. The van der Waals surface area contributed by atoms with E-state index in [4.69, 9.17) is 0 Å². The molecule has 0 radical (unpaired) electrons. The lowest BCUT2D eigenvalue weighted by atomic mass is 9.83. The van der Waals surface area contributed by atoms with Crippen LogP contribution in [0.25, 0.3) is 0 Å². The minimum Gasteiger partial charge on any atom is -0.353 e. The summed E-state index contributed by atoms with van der Waals surface area (Å²) in [6.45, 7) is 2.91. The highest BCUT2D eigenvalue weighted by molar-refractivity contribution is 5.78. The lowest BCUT2D eigenvalue weighted by molar-refractivity contribution is -0.123. The van der Waals surface area contributed by atoms with E-state index in [2.05, 4.69) is 27.7 Å². The smallest absolute Gasteiger partial charge is 0.224 e. The van der Waals surface area contributed by atoms with Gasteiger partial charge in [0.2, 0.25) is 11.8 Å². The van der Waals surface area contributed by atoms with Crippen LogP contribution < -0.4 is 10.6 Å². The zero-order valence-electron chi connectivity index (χ0n) is 19.5. The monoisotopic (exact) mass is 447 g/mol. The molecule has 2 aliphatic rings. The standard InChI is InChI=1S/C28H37N3O2/c32-27(20-22-8-3-1-4-9-22)29-25-14-17-31(18-15-25)19-16-26(24-12-5-2-6-13-24)30-28(33)21-23-10-7-11-23/h1-6,8-9,12-13,23,25-26H,7,10-11,14-21H2,(H,29,32)(H,30,33). The Morgan fingerprint density at radius 2 is 1.55 bits per heavy atom. The highest BCUT2D eigenvalue weighted by Crippen LogP contribution is 2.29. The summed E-state index contributed by atoms with van der Waals surface area (Å²) < 4.78 is 0. The van der Waals surface area contributed by atoms with E-state index in [0.29, 0.717) is 18.8 Å². The van der Waals surface area contributed by atoms with Crippen LogP contribution >= 0.6 is 0 Å². The van der Waals surface area contributed by atoms with Gasteiger partial charge in [0, 0.05) is 32.1 Å². The van der Waals surface area contributed by atoms with Crippen LogP contribution in [0.3, 0.4) is 0 Å². The Kier molecular flexibility index (Phi) is 8.53. The van der Waals surface area contributed by atoms with Gasteiger partial charge >= 0.3 is 0 Å². The van der Waals surface area contributed by atoms with Crippen LogP contribution in [0.2, 0.25) is 0 Å². The Balaban J connectivity index is 1.21. The van der Waals surface area contributed by atoms with Crippen LogP contribution in [0.4, 0.5) is 0 Å². The van der Waals surface area contributed by atoms with Gasteiger partial charge in [-0.05, 0) is 49.1 Å². The molecule has 1 saturated carbocycles. The first kappa shape index (κ1) is 23.5. The summed E-state index contributed by atoms with van der Waals surface area (Å²) >= 11 is 0. The zero-order valence-corrected chi connectivity index (χ0v) is 19.5. The molecule has 0 spiro atoms. The van der Waals surface area contributed by atoms with Gasteiger partial charge in [0.25, 0.3) is 0 Å². The van der Waals surface area contributed by atoms with Crippen molar-refractivity contribution in [1.82, 2.24) is 15.5 Å². The van der Waals surface area contributed by atoms with E-state index in [0.717, 1.165) is 44.5 Å². The molecule has 176 valence electrons. The number of nitrogens with zero attached hydrogens (tertiary/aromatic N) is 1. The molecule has 2 fully saturated rings. The highest BCUT2D eigenvalue weighted by atomic mass is 16.2. The normalized spacial score (nSPS) is 18.3. The molecule has 1 aliphatic carbocycles. The SMILES string of the molecule is O=C(Cc1ccccc1)NC1CCN(CCC(NC(=O)CC2CCC2)c2ccccc2)CC1. The van der Waals surface area contributed by atoms with Crippen molar-refractivity contribution in [1.29, 1.82) is 0 Å². The van der Waals surface area contributed by atoms with Gasteiger partial charge in [0.05, 0.1) is 12.5 Å². The molecule has 1 unspecified atom stereocenters. The molecule has 2 N–H and O–H groups in total. The molecule has 33 heavy (non-hydrogen) atoms. The summed E-state index contributed by atoms with van der Waals surface area (Å²) in [7, 11) is 0. The number of carbonyl (C=O) groups excluding carboxylic acids is 2. The van der Waals surface area contributed by atoms with Crippen molar-refractivity contribution in [3.8, 4) is 0 Å². The molecule has 1 heterocycles. The van der Waals surface area contributed by atoms with Crippen molar-refractivity contribution in [2.45, 2.75) is 63.5 Å². The molecule has 2 aromatic carbocycles. The molecular weight excluding hydrogens is 410 g/mol. The summed E-state index contributed by atoms with van der Waals surface area (Å²) in [5, 5.41) is 6.52. The van der Waals surface area contributed by atoms with Crippen LogP contribution in [-0.2, 0) is 16.0 Å². The number of hydrogen-bond donors (Lipinski definition) is 2. The van der Waals surface area contributed by atoms with Gasteiger partial charge in [-0.3, -0.25) is 9.59 Å². The van der Waals surface area contributed by atoms with Gasteiger partial charge in [0.1, 0.15) is 0 Å². The van der Waals surface area contributed by atoms with E-state index in [9.17, 15) is 9.59 Å². The quantitative estimate of drug-likeness (QED) is 0.572. The van der Waals surface area contributed by atoms with Crippen LogP contribution in [0.1, 0.15) is 62.1 Å². The first-order valence-corrected chi connectivity index (χ1v) is 12.6. The molecule has 4 rings (SSSR count). The van der Waals surface area contributed by atoms with Crippen LogP contribution in [0.15, 0.2) is 60.7 Å². The van der Waals surface area contributed by atoms with E-state index < -0.39 is 0 Å². The van der Waals surface area contributed by atoms with E-state index in [1.54, 1.807) is 0 Å². The van der Waals surface area contributed by atoms with Crippen molar-refractivity contribution >= 4 is 11.8 Å². The molecule has 2 amide bonds. The number of benzene rings is 2. The van der Waals surface area contributed by atoms with Gasteiger partial charge in [-0.25, -0.2) is 0 Å².